The lowest BCUT2D eigenvalue weighted by molar-refractivity contribution is -0.860. The van der Waals surface area contributed by atoms with Gasteiger partial charge in [-0.3, -0.25) is 0 Å². The molecule has 0 amide bonds. The van der Waals surface area contributed by atoms with Crippen LogP contribution in [-0.2, 0) is 0 Å². The number of rotatable bonds is 0. The zero-order valence-corrected chi connectivity index (χ0v) is 12.3. The van der Waals surface area contributed by atoms with Crippen molar-refractivity contribution in [3.8, 4) is 11.5 Å². The van der Waals surface area contributed by atoms with Gasteiger partial charge >= 0.3 is 6.03 Å². The highest BCUT2D eigenvalue weighted by atomic mass is 16.7. The van der Waals surface area contributed by atoms with E-state index in [-0.39, 0.29) is 0 Å². The standard InChI is InChI=1S/C18H16N2O2/c1-13-10-19-11-14-6-2-4-8-16(14)21-18(19)20(13)12-15-7-3-5-9-17(15)22-18/h2-9,11-13H,10H2,1H3/q+2. The van der Waals surface area contributed by atoms with Gasteiger partial charge in [-0.05, 0) is 24.3 Å². The summed E-state index contributed by atoms with van der Waals surface area (Å²) in [4.78, 5) is 0. The first-order chi connectivity index (χ1) is 10.8. The summed E-state index contributed by atoms with van der Waals surface area (Å²) in [7, 11) is 0. The summed E-state index contributed by atoms with van der Waals surface area (Å²) in [5, 5.41) is 0. The molecule has 2 atom stereocenters. The second-order valence-corrected chi connectivity index (χ2v) is 6.00. The summed E-state index contributed by atoms with van der Waals surface area (Å²) in [6.45, 7) is 3.05. The van der Waals surface area contributed by atoms with Crippen LogP contribution in [0.3, 0.4) is 0 Å². The summed E-state index contributed by atoms with van der Waals surface area (Å²) >= 11 is 0. The fourth-order valence-electron chi connectivity index (χ4n) is 3.47. The van der Waals surface area contributed by atoms with Crippen molar-refractivity contribution < 1.29 is 18.6 Å². The quantitative estimate of drug-likeness (QED) is 0.694. The molecule has 4 nitrogen and oxygen atoms in total. The van der Waals surface area contributed by atoms with Crippen LogP contribution >= 0.6 is 0 Å². The summed E-state index contributed by atoms with van der Waals surface area (Å²) < 4.78 is 17.0. The molecule has 3 heterocycles. The second-order valence-electron chi connectivity index (χ2n) is 6.00. The van der Waals surface area contributed by atoms with E-state index in [9.17, 15) is 0 Å². The van der Waals surface area contributed by atoms with Gasteiger partial charge in [-0.2, -0.15) is 0 Å². The Morgan fingerprint density at radius 2 is 1.50 bits per heavy atom. The van der Waals surface area contributed by atoms with Crippen LogP contribution in [0.5, 0.6) is 11.5 Å². The first kappa shape index (κ1) is 12.0. The fraction of sp³-hybridized carbons (Fsp3) is 0.222. The number of hydrogen-bond acceptors (Lipinski definition) is 2. The lowest BCUT2D eigenvalue weighted by atomic mass is 10.2. The molecule has 1 saturated heterocycles. The van der Waals surface area contributed by atoms with Crippen molar-refractivity contribution in [3.05, 3.63) is 59.7 Å². The van der Waals surface area contributed by atoms with Crippen LogP contribution in [0.4, 0.5) is 0 Å². The predicted molar refractivity (Wildman–Crippen MR) is 82.1 cm³/mol. The topological polar surface area (TPSA) is 24.5 Å². The zero-order chi connectivity index (χ0) is 14.7. The molecule has 0 aromatic heterocycles. The molecule has 108 valence electrons. The van der Waals surface area contributed by atoms with Gasteiger partial charge in [-0.1, -0.05) is 33.4 Å². The molecule has 0 saturated carbocycles. The molecule has 2 aromatic rings. The van der Waals surface area contributed by atoms with Gasteiger partial charge in [0.25, 0.3) is 0 Å². The minimum Gasteiger partial charge on any atom is -0.341 e. The molecule has 3 aliphatic rings. The van der Waals surface area contributed by atoms with Crippen molar-refractivity contribution in [3.63, 3.8) is 0 Å². The molecule has 22 heavy (non-hydrogen) atoms. The minimum absolute atomic E-state index is 0.305. The molecule has 1 fully saturated rings. The van der Waals surface area contributed by atoms with E-state index in [1.807, 2.05) is 36.4 Å². The molecule has 3 aliphatic heterocycles. The second kappa shape index (κ2) is 3.97. The zero-order valence-electron chi connectivity index (χ0n) is 12.3. The Morgan fingerprint density at radius 3 is 2.18 bits per heavy atom. The maximum atomic E-state index is 6.34. The van der Waals surface area contributed by atoms with Gasteiger partial charge in [0.05, 0.1) is 11.1 Å². The number of ether oxygens (including phenoxy) is 2. The third kappa shape index (κ3) is 1.42. The molecular formula is C18H16N2O2+2. The van der Waals surface area contributed by atoms with Crippen LogP contribution in [0.1, 0.15) is 18.1 Å². The lowest BCUT2D eigenvalue weighted by Crippen LogP contribution is -2.59. The van der Waals surface area contributed by atoms with Crippen molar-refractivity contribution in [1.29, 1.82) is 0 Å². The highest BCUT2D eigenvalue weighted by molar-refractivity contribution is 5.82. The Kier molecular flexibility index (Phi) is 2.16. The SMILES string of the molecule is CC1C[N+]2=Cc3ccccc3OC23Oc2ccccc2C=[N+]13. The van der Waals surface area contributed by atoms with E-state index in [0.29, 0.717) is 6.04 Å². The Balaban J connectivity index is 1.74. The Morgan fingerprint density at radius 1 is 0.909 bits per heavy atom. The van der Waals surface area contributed by atoms with Crippen molar-refractivity contribution >= 4 is 12.4 Å². The highest BCUT2D eigenvalue weighted by Crippen LogP contribution is 2.37. The van der Waals surface area contributed by atoms with Gasteiger partial charge in [0.1, 0.15) is 0 Å². The number of hydrogen-bond donors (Lipinski definition) is 0. The maximum Gasteiger partial charge on any atom is 0.704 e. The molecular weight excluding hydrogens is 276 g/mol. The van der Waals surface area contributed by atoms with Gasteiger partial charge in [-0.15, -0.1) is 0 Å². The monoisotopic (exact) mass is 292 g/mol. The molecule has 2 unspecified atom stereocenters. The van der Waals surface area contributed by atoms with Gasteiger partial charge < -0.3 is 9.47 Å². The molecule has 0 aliphatic carbocycles. The third-order valence-corrected chi connectivity index (χ3v) is 4.52. The number of nitrogens with zero attached hydrogens (tertiary/aromatic N) is 2. The maximum absolute atomic E-state index is 6.34. The first-order valence-corrected chi connectivity index (χ1v) is 7.57. The average Bonchev–Trinajstić information content (AvgIpc) is 2.81. The largest absolute Gasteiger partial charge is 0.704 e. The Labute approximate surface area is 128 Å². The summed E-state index contributed by atoms with van der Waals surface area (Å²) in [5.41, 5.74) is 2.17. The number of fused-ring (bicyclic) bond motifs is 2. The highest BCUT2D eigenvalue weighted by Gasteiger charge is 2.71. The Hall–Kier alpha value is -2.62. The van der Waals surface area contributed by atoms with Crippen molar-refractivity contribution in [1.82, 2.24) is 0 Å². The average molecular weight is 292 g/mol. The predicted octanol–water partition coefficient (Wildman–Crippen LogP) is 2.05. The molecule has 2 aromatic carbocycles. The van der Waals surface area contributed by atoms with E-state index in [0.717, 1.165) is 29.2 Å². The van der Waals surface area contributed by atoms with Crippen LogP contribution in [0.2, 0.25) is 0 Å². The first-order valence-electron chi connectivity index (χ1n) is 7.57. The van der Waals surface area contributed by atoms with Gasteiger partial charge in [-0.25, -0.2) is 0 Å². The summed E-state index contributed by atoms with van der Waals surface area (Å²) in [5.74, 6) is 1.70. The molecule has 0 bridgehead atoms. The van der Waals surface area contributed by atoms with E-state index in [1.54, 1.807) is 0 Å². The Bertz CT molecular complexity index is 852. The molecule has 5 rings (SSSR count). The lowest BCUT2D eigenvalue weighted by Gasteiger charge is -2.27. The van der Waals surface area contributed by atoms with E-state index in [2.05, 4.69) is 40.6 Å². The van der Waals surface area contributed by atoms with Crippen molar-refractivity contribution in [2.75, 3.05) is 6.54 Å². The summed E-state index contributed by atoms with van der Waals surface area (Å²) in [6.07, 6.45) is 4.28. The molecule has 0 radical (unpaired) electrons. The number of benzene rings is 2. The van der Waals surface area contributed by atoms with Crippen LogP contribution in [0, 0.1) is 0 Å². The van der Waals surface area contributed by atoms with E-state index >= 15 is 0 Å². The fourth-order valence-corrected chi connectivity index (χ4v) is 3.47. The van der Waals surface area contributed by atoms with Crippen molar-refractivity contribution in [2.45, 2.75) is 19.0 Å². The molecule has 4 heteroatoms. The van der Waals surface area contributed by atoms with E-state index in [4.69, 9.17) is 9.47 Å². The number of para-hydroxylation sites is 2. The van der Waals surface area contributed by atoms with Gasteiger partial charge in [0.2, 0.25) is 12.6 Å². The van der Waals surface area contributed by atoms with Crippen molar-refractivity contribution in [2.24, 2.45) is 0 Å². The smallest absolute Gasteiger partial charge is 0.341 e. The third-order valence-electron chi connectivity index (χ3n) is 4.52. The van der Waals surface area contributed by atoms with Crippen LogP contribution in [0.15, 0.2) is 48.5 Å². The van der Waals surface area contributed by atoms with Gasteiger partial charge in [0.15, 0.2) is 23.9 Å². The van der Waals surface area contributed by atoms with Gasteiger partial charge in [0, 0.05) is 6.92 Å². The van der Waals surface area contributed by atoms with Crippen LogP contribution in [-0.4, -0.2) is 40.2 Å². The molecule has 1 spiro atoms. The van der Waals surface area contributed by atoms with E-state index in [1.165, 1.54) is 0 Å². The van der Waals surface area contributed by atoms with E-state index < -0.39 is 6.03 Å². The molecule has 0 N–H and O–H groups in total. The summed E-state index contributed by atoms with van der Waals surface area (Å²) in [6, 6.07) is 15.5. The normalized spacial score (nSPS) is 27.2. The van der Waals surface area contributed by atoms with Crippen LogP contribution < -0.4 is 9.47 Å². The van der Waals surface area contributed by atoms with Crippen LogP contribution in [0.25, 0.3) is 0 Å². The minimum atomic E-state index is -0.901.